The molecule has 2 heterocycles. The van der Waals surface area contributed by atoms with Gasteiger partial charge in [0.2, 0.25) is 5.43 Å². The Hall–Kier alpha value is -2.61. The fourth-order valence-electron chi connectivity index (χ4n) is 3.40. The fourth-order valence-corrected chi connectivity index (χ4v) is 4.32. The van der Waals surface area contributed by atoms with E-state index >= 15 is 0 Å². The molecule has 0 radical (unpaired) electrons. The van der Waals surface area contributed by atoms with Gasteiger partial charge in [0.05, 0.1) is 11.3 Å². The third-order valence-corrected chi connectivity index (χ3v) is 5.83. The van der Waals surface area contributed by atoms with Crippen LogP contribution in [0.15, 0.2) is 52.6 Å². The number of halogens is 4. The van der Waals surface area contributed by atoms with Crippen molar-refractivity contribution in [2.75, 3.05) is 36.0 Å². The van der Waals surface area contributed by atoms with Gasteiger partial charge in [0.25, 0.3) is 0 Å². The van der Waals surface area contributed by atoms with Crippen LogP contribution in [0.5, 0.6) is 0 Å². The molecule has 0 unspecified atom stereocenters. The molecule has 1 saturated heterocycles. The van der Waals surface area contributed by atoms with Crippen LogP contribution in [0.2, 0.25) is 0 Å². The monoisotopic (exact) mass is 408 g/mol. The van der Waals surface area contributed by atoms with E-state index in [2.05, 4.69) is 0 Å². The second-order valence-corrected chi connectivity index (χ2v) is 7.52. The second kappa shape index (κ2) is 7.09. The molecular weight excluding hydrogens is 392 g/mol. The normalized spacial score (nSPS) is 15.3. The number of hydrogen-bond acceptors (Lipinski definition) is 4. The van der Waals surface area contributed by atoms with Gasteiger partial charge in [-0.2, -0.15) is 13.2 Å². The summed E-state index contributed by atoms with van der Waals surface area (Å²) < 4.78 is 53.0. The Morgan fingerprint density at radius 2 is 1.64 bits per heavy atom. The minimum absolute atomic E-state index is 0.222. The highest BCUT2D eigenvalue weighted by Gasteiger charge is 2.31. The standard InChI is InChI=1S/C20H16F4N2OS/c21-14-4-5-18-16(11-14)19(27)17(12-28-18)26-8-6-25(7-9-26)15-3-1-2-13(10-15)20(22,23)24/h1-5,10-12H,6-9H2. The number of hydrogen-bond donors (Lipinski definition) is 0. The Morgan fingerprint density at radius 1 is 0.929 bits per heavy atom. The minimum Gasteiger partial charge on any atom is -0.368 e. The number of rotatable bonds is 2. The van der Waals surface area contributed by atoms with Crippen LogP contribution in [-0.4, -0.2) is 26.2 Å². The van der Waals surface area contributed by atoms with Gasteiger partial charge >= 0.3 is 6.18 Å². The molecule has 1 aliphatic rings. The molecule has 3 aromatic rings. The van der Waals surface area contributed by atoms with Crippen molar-refractivity contribution in [2.45, 2.75) is 6.18 Å². The van der Waals surface area contributed by atoms with Gasteiger partial charge in [0.1, 0.15) is 5.82 Å². The number of piperazine rings is 1. The molecular formula is C20H16F4N2OS. The van der Waals surface area contributed by atoms with Crippen molar-refractivity contribution >= 4 is 32.8 Å². The largest absolute Gasteiger partial charge is 0.416 e. The first kappa shape index (κ1) is 18.7. The number of anilines is 2. The summed E-state index contributed by atoms with van der Waals surface area (Å²) in [6, 6.07) is 9.42. The van der Waals surface area contributed by atoms with E-state index in [1.807, 2.05) is 9.80 Å². The molecule has 0 spiro atoms. The summed E-state index contributed by atoms with van der Waals surface area (Å²) in [4.78, 5) is 16.5. The Kier molecular flexibility index (Phi) is 4.74. The van der Waals surface area contributed by atoms with Gasteiger partial charge in [-0.05, 0) is 36.4 Å². The van der Waals surface area contributed by atoms with Crippen molar-refractivity contribution in [3.05, 3.63) is 69.4 Å². The van der Waals surface area contributed by atoms with Gasteiger partial charge < -0.3 is 9.80 Å². The summed E-state index contributed by atoms with van der Waals surface area (Å²) in [5.74, 6) is -0.455. The van der Waals surface area contributed by atoms with Crippen molar-refractivity contribution in [2.24, 2.45) is 0 Å². The predicted molar refractivity (Wildman–Crippen MR) is 104 cm³/mol. The van der Waals surface area contributed by atoms with Crippen molar-refractivity contribution in [3.8, 4) is 0 Å². The summed E-state index contributed by atoms with van der Waals surface area (Å²) >= 11 is 1.37. The summed E-state index contributed by atoms with van der Waals surface area (Å²) in [6.45, 7) is 1.98. The average Bonchev–Trinajstić information content (AvgIpc) is 2.68. The topological polar surface area (TPSA) is 23.6 Å². The lowest BCUT2D eigenvalue weighted by Crippen LogP contribution is -2.47. The van der Waals surface area contributed by atoms with E-state index in [4.69, 9.17) is 0 Å². The zero-order valence-electron chi connectivity index (χ0n) is 14.7. The quantitative estimate of drug-likeness (QED) is 0.572. The SMILES string of the molecule is O=c1c(N2CCN(c3cccc(C(F)(F)F)c3)CC2)csc2ccc(F)cc12. The first-order valence-electron chi connectivity index (χ1n) is 8.71. The van der Waals surface area contributed by atoms with E-state index in [1.165, 1.54) is 29.5 Å². The van der Waals surface area contributed by atoms with Gasteiger partial charge in [-0.15, -0.1) is 11.3 Å². The van der Waals surface area contributed by atoms with Crippen LogP contribution in [0.4, 0.5) is 28.9 Å². The van der Waals surface area contributed by atoms with Crippen LogP contribution in [0.25, 0.3) is 10.1 Å². The molecule has 1 fully saturated rings. The van der Waals surface area contributed by atoms with Crippen LogP contribution >= 0.6 is 11.3 Å². The van der Waals surface area contributed by atoms with Crippen molar-refractivity contribution < 1.29 is 17.6 Å². The molecule has 1 aromatic heterocycles. The molecule has 1 aliphatic heterocycles. The van der Waals surface area contributed by atoms with Gasteiger partial charge in [-0.25, -0.2) is 4.39 Å². The third-order valence-electron chi connectivity index (χ3n) is 4.88. The molecule has 0 N–H and O–H groups in total. The molecule has 0 amide bonds. The van der Waals surface area contributed by atoms with Gasteiger partial charge in [0.15, 0.2) is 0 Å². The Bertz CT molecular complexity index is 1070. The van der Waals surface area contributed by atoms with Gasteiger partial charge in [-0.1, -0.05) is 6.07 Å². The zero-order chi connectivity index (χ0) is 19.9. The molecule has 0 aliphatic carbocycles. The second-order valence-electron chi connectivity index (χ2n) is 6.61. The van der Waals surface area contributed by atoms with Crippen molar-refractivity contribution in [1.82, 2.24) is 0 Å². The van der Waals surface area contributed by atoms with Crippen molar-refractivity contribution in [1.29, 1.82) is 0 Å². The predicted octanol–water partition coefficient (Wildman–Crippen LogP) is 4.75. The maximum Gasteiger partial charge on any atom is 0.416 e. The highest BCUT2D eigenvalue weighted by Crippen LogP contribution is 2.32. The van der Waals surface area contributed by atoms with Gasteiger partial charge in [0, 0.05) is 47.3 Å². The van der Waals surface area contributed by atoms with Gasteiger partial charge in [-0.3, -0.25) is 4.79 Å². The van der Waals surface area contributed by atoms with E-state index < -0.39 is 17.6 Å². The van der Waals surface area contributed by atoms with E-state index in [9.17, 15) is 22.4 Å². The smallest absolute Gasteiger partial charge is 0.368 e. The van der Waals surface area contributed by atoms with E-state index in [-0.39, 0.29) is 5.43 Å². The number of alkyl halides is 3. The molecule has 4 rings (SSSR count). The molecule has 8 heteroatoms. The molecule has 28 heavy (non-hydrogen) atoms. The summed E-state index contributed by atoms with van der Waals surface area (Å²) in [5.41, 5.74) is 0.125. The number of nitrogens with zero attached hydrogens (tertiary/aromatic N) is 2. The van der Waals surface area contributed by atoms with Crippen LogP contribution in [0.1, 0.15) is 5.56 Å². The summed E-state index contributed by atoms with van der Waals surface area (Å²) in [7, 11) is 0. The third kappa shape index (κ3) is 3.56. The molecule has 0 atom stereocenters. The fraction of sp³-hybridized carbons (Fsp3) is 0.250. The van der Waals surface area contributed by atoms with E-state index in [1.54, 1.807) is 17.5 Å². The van der Waals surface area contributed by atoms with Crippen LogP contribution in [0, 0.1) is 5.82 Å². The Labute approximate surface area is 162 Å². The number of fused-ring (bicyclic) bond motifs is 1. The maximum absolute atomic E-state index is 13.5. The van der Waals surface area contributed by atoms with E-state index in [0.29, 0.717) is 42.9 Å². The maximum atomic E-state index is 13.5. The highest BCUT2D eigenvalue weighted by atomic mass is 32.1. The first-order valence-corrected chi connectivity index (χ1v) is 9.59. The molecule has 0 saturated carbocycles. The van der Waals surface area contributed by atoms with Crippen molar-refractivity contribution in [3.63, 3.8) is 0 Å². The lowest BCUT2D eigenvalue weighted by atomic mass is 10.1. The number of benzene rings is 2. The molecule has 146 valence electrons. The van der Waals surface area contributed by atoms with Crippen LogP contribution in [-0.2, 0) is 6.18 Å². The zero-order valence-corrected chi connectivity index (χ0v) is 15.5. The van der Waals surface area contributed by atoms with Crippen LogP contribution in [0.3, 0.4) is 0 Å². The van der Waals surface area contributed by atoms with Crippen LogP contribution < -0.4 is 15.2 Å². The minimum atomic E-state index is -4.38. The Morgan fingerprint density at radius 3 is 2.36 bits per heavy atom. The first-order chi connectivity index (χ1) is 13.3. The Balaban J connectivity index is 1.54. The summed E-state index contributed by atoms with van der Waals surface area (Å²) in [6.07, 6.45) is -4.38. The molecule has 0 bridgehead atoms. The lowest BCUT2D eigenvalue weighted by molar-refractivity contribution is -0.137. The molecule has 2 aromatic carbocycles. The summed E-state index contributed by atoms with van der Waals surface area (Å²) in [5, 5.41) is 2.12. The highest BCUT2D eigenvalue weighted by molar-refractivity contribution is 7.16. The van der Waals surface area contributed by atoms with E-state index in [0.717, 1.165) is 16.8 Å². The average molecular weight is 408 g/mol. The lowest BCUT2D eigenvalue weighted by Gasteiger charge is -2.37. The molecule has 3 nitrogen and oxygen atoms in total.